The van der Waals surface area contributed by atoms with Crippen molar-refractivity contribution in [3.8, 4) is 9.88 Å². The lowest BCUT2D eigenvalue weighted by Gasteiger charge is -2.01. The first-order chi connectivity index (χ1) is 13.5. The Bertz CT molecular complexity index is 1140. The van der Waals surface area contributed by atoms with E-state index in [0.29, 0.717) is 21.3 Å². The first kappa shape index (κ1) is 18.9. The molecule has 1 amide bonds. The molecule has 1 aromatic carbocycles. The molecule has 0 fully saturated rings. The third-order valence-corrected chi connectivity index (χ3v) is 7.00. The van der Waals surface area contributed by atoms with Gasteiger partial charge in [-0.2, -0.15) is 0 Å². The van der Waals surface area contributed by atoms with Crippen LogP contribution >= 0.6 is 34.0 Å². The number of aromatic nitrogens is 2. The predicted molar refractivity (Wildman–Crippen MR) is 109 cm³/mol. The lowest BCUT2D eigenvalue weighted by molar-refractivity contribution is 0.103. The quantitative estimate of drug-likeness (QED) is 0.435. The minimum absolute atomic E-state index is 0.272. The van der Waals surface area contributed by atoms with Crippen LogP contribution in [0.5, 0.6) is 0 Å². The highest BCUT2D eigenvalue weighted by molar-refractivity contribution is 7.22. The molecule has 0 unspecified atom stereocenters. The molecule has 142 valence electrons. The number of nitrogens with one attached hydrogen (secondary N) is 1. The second-order valence-corrected chi connectivity index (χ2v) is 8.97. The number of hydrogen-bond acceptors (Lipinski definition) is 6. The van der Waals surface area contributed by atoms with Crippen LogP contribution in [0.2, 0.25) is 0 Å². The zero-order valence-corrected chi connectivity index (χ0v) is 17.0. The van der Waals surface area contributed by atoms with Gasteiger partial charge >= 0.3 is 0 Å². The Labute approximate surface area is 171 Å². The van der Waals surface area contributed by atoms with Crippen molar-refractivity contribution in [3.63, 3.8) is 0 Å². The summed E-state index contributed by atoms with van der Waals surface area (Å²) in [5, 5.41) is 5.97. The number of carbonyl (C=O) groups is 1. The molecule has 3 heterocycles. The van der Waals surface area contributed by atoms with Gasteiger partial charge in [-0.25, -0.2) is 18.7 Å². The third-order valence-electron chi connectivity index (χ3n) is 3.89. The molecule has 3 aromatic heterocycles. The molecular formula is C19H13F2N3OS3. The molecule has 0 aliphatic rings. The molecule has 4 aromatic rings. The SMILES string of the molecule is Cc1nc(-c2cccs2)sc1C(=O)Nc1ncc(Cc2ccc(F)cc2F)s1. The van der Waals surface area contributed by atoms with E-state index in [2.05, 4.69) is 15.3 Å². The molecule has 0 saturated heterocycles. The normalized spacial score (nSPS) is 11.0. The van der Waals surface area contributed by atoms with Crippen molar-refractivity contribution >= 4 is 45.0 Å². The van der Waals surface area contributed by atoms with Crippen LogP contribution in [0.3, 0.4) is 0 Å². The van der Waals surface area contributed by atoms with Crippen LogP contribution in [-0.4, -0.2) is 15.9 Å². The van der Waals surface area contributed by atoms with Crippen molar-refractivity contribution < 1.29 is 13.6 Å². The van der Waals surface area contributed by atoms with E-state index in [1.165, 1.54) is 34.8 Å². The topological polar surface area (TPSA) is 54.9 Å². The van der Waals surface area contributed by atoms with Gasteiger partial charge < -0.3 is 0 Å². The van der Waals surface area contributed by atoms with E-state index >= 15 is 0 Å². The number of halogens is 2. The molecule has 1 N–H and O–H groups in total. The van der Waals surface area contributed by atoms with Crippen LogP contribution in [0, 0.1) is 18.6 Å². The third kappa shape index (κ3) is 4.01. The van der Waals surface area contributed by atoms with E-state index in [9.17, 15) is 13.6 Å². The first-order valence-electron chi connectivity index (χ1n) is 8.21. The Morgan fingerprint density at radius 3 is 2.82 bits per heavy atom. The average molecular weight is 434 g/mol. The molecule has 4 nitrogen and oxygen atoms in total. The van der Waals surface area contributed by atoms with E-state index < -0.39 is 11.6 Å². The number of nitrogens with zero attached hydrogens (tertiary/aromatic N) is 2. The molecule has 28 heavy (non-hydrogen) atoms. The summed E-state index contributed by atoms with van der Waals surface area (Å²) in [6.45, 7) is 1.80. The van der Waals surface area contributed by atoms with Gasteiger partial charge in [0.15, 0.2) is 5.13 Å². The molecule has 4 rings (SSSR count). The summed E-state index contributed by atoms with van der Waals surface area (Å²) in [5.74, 6) is -1.48. The Balaban J connectivity index is 1.47. The standard InChI is InChI=1S/C19H13F2N3OS3/c1-10-16(28-18(23-10)15-3-2-6-26-15)17(25)24-19-22-9-13(27-19)7-11-4-5-12(20)8-14(11)21/h2-6,8-9H,7H2,1H3,(H,22,24,25). The van der Waals surface area contributed by atoms with E-state index in [-0.39, 0.29) is 12.3 Å². The van der Waals surface area contributed by atoms with Gasteiger partial charge in [-0.15, -0.1) is 34.0 Å². The number of thiophene rings is 1. The number of carbonyl (C=O) groups excluding carboxylic acids is 1. The van der Waals surface area contributed by atoms with Crippen LogP contribution in [-0.2, 0) is 6.42 Å². The van der Waals surface area contributed by atoms with Crippen molar-refractivity contribution in [2.75, 3.05) is 5.32 Å². The van der Waals surface area contributed by atoms with Crippen LogP contribution in [0.1, 0.15) is 25.8 Å². The summed E-state index contributed by atoms with van der Waals surface area (Å²) in [4.78, 5) is 23.6. The number of benzene rings is 1. The number of rotatable bonds is 5. The first-order valence-corrected chi connectivity index (χ1v) is 10.7. The summed E-state index contributed by atoms with van der Waals surface area (Å²) in [6.07, 6.45) is 1.86. The summed E-state index contributed by atoms with van der Waals surface area (Å²) >= 11 is 4.16. The molecule has 0 atom stereocenters. The second kappa shape index (κ2) is 7.86. The van der Waals surface area contributed by atoms with E-state index in [1.54, 1.807) is 24.5 Å². The molecule has 0 aliphatic heterocycles. The second-order valence-electron chi connectivity index (χ2n) is 5.91. The molecule has 9 heteroatoms. The maximum Gasteiger partial charge on any atom is 0.269 e. The van der Waals surface area contributed by atoms with Crippen molar-refractivity contribution in [1.82, 2.24) is 9.97 Å². The largest absolute Gasteiger partial charge is 0.297 e. The minimum Gasteiger partial charge on any atom is -0.297 e. The number of amides is 1. The zero-order chi connectivity index (χ0) is 19.7. The summed E-state index contributed by atoms with van der Waals surface area (Å²) < 4.78 is 26.8. The van der Waals surface area contributed by atoms with E-state index in [0.717, 1.165) is 20.8 Å². The van der Waals surface area contributed by atoms with Crippen molar-refractivity contribution in [3.05, 3.63) is 74.6 Å². The highest BCUT2D eigenvalue weighted by atomic mass is 32.1. The maximum absolute atomic E-state index is 13.8. The smallest absolute Gasteiger partial charge is 0.269 e. The van der Waals surface area contributed by atoms with Crippen molar-refractivity contribution in [1.29, 1.82) is 0 Å². The summed E-state index contributed by atoms with van der Waals surface area (Å²) in [7, 11) is 0. The van der Waals surface area contributed by atoms with Gasteiger partial charge in [0.2, 0.25) is 0 Å². The molecule has 0 bridgehead atoms. The van der Waals surface area contributed by atoms with Crippen LogP contribution in [0.15, 0.2) is 41.9 Å². The van der Waals surface area contributed by atoms with Gasteiger partial charge in [0.25, 0.3) is 5.91 Å². The maximum atomic E-state index is 13.8. The highest BCUT2D eigenvalue weighted by Crippen LogP contribution is 2.32. The van der Waals surface area contributed by atoms with E-state index in [1.807, 2.05) is 17.5 Å². The van der Waals surface area contributed by atoms with Crippen LogP contribution in [0.25, 0.3) is 9.88 Å². The van der Waals surface area contributed by atoms with Gasteiger partial charge in [-0.1, -0.05) is 12.1 Å². The van der Waals surface area contributed by atoms with Crippen LogP contribution < -0.4 is 5.32 Å². The molecule has 0 radical (unpaired) electrons. The fraction of sp³-hybridized carbons (Fsp3) is 0.105. The lowest BCUT2D eigenvalue weighted by Crippen LogP contribution is -2.11. The average Bonchev–Trinajstić information content (AvgIpc) is 3.38. The van der Waals surface area contributed by atoms with Gasteiger partial charge in [-0.05, 0) is 30.0 Å². The fourth-order valence-corrected chi connectivity index (χ4v) is 5.16. The predicted octanol–water partition coefficient (Wildman–Crippen LogP) is 5.76. The van der Waals surface area contributed by atoms with Crippen LogP contribution in [0.4, 0.5) is 13.9 Å². The zero-order valence-electron chi connectivity index (χ0n) is 14.5. The monoisotopic (exact) mass is 433 g/mol. The molecular weight excluding hydrogens is 420 g/mol. The van der Waals surface area contributed by atoms with Crippen molar-refractivity contribution in [2.24, 2.45) is 0 Å². The van der Waals surface area contributed by atoms with Gasteiger partial charge in [0.05, 0.1) is 10.6 Å². The summed E-state index contributed by atoms with van der Waals surface area (Å²) in [5.41, 5.74) is 1.04. The lowest BCUT2D eigenvalue weighted by atomic mass is 10.1. The minimum atomic E-state index is -0.611. The number of hydrogen-bond donors (Lipinski definition) is 1. The Morgan fingerprint density at radius 1 is 1.21 bits per heavy atom. The Morgan fingerprint density at radius 2 is 2.07 bits per heavy atom. The number of aryl methyl sites for hydroxylation is 1. The van der Waals surface area contributed by atoms with Gasteiger partial charge in [0, 0.05) is 23.6 Å². The van der Waals surface area contributed by atoms with Gasteiger partial charge in [-0.3, -0.25) is 10.1 Å². The Hall–Kier alpha value is -2.49. The fourth-order valence-electron chi connectivity index (χ4n) is 2.57. The molecule has 0 aliphatic carbocycles. The van der Waals surface area contributed by atoms with Crippen molar-refractivity contribution in [2.45, 2.75) is 13.3 Å². The molecule has 0 spiro atoms. The molecule has 0 saturated carbocycles. The van der Waals surface area contributed by atoms with Gasteiger partial charge in [0.1, 0.15) is 21.5 Å². The number of anilines is 1. The number of thiazole rings is 2. The van der Waals surface area contributed by atoms with E-state index in [4.69, 9.17) is 0 Å². The highest BCUT2D eigenvalue weighted by Gasteiger charge is 2.18. The summed E-state index contributed by atoms with van der Waals surface area (Å²) in [6, 6.07) is 7.40. The Kier molecular flexibility index (Phi) is 5.29.